The molecule has 4 heteroatoms. The van der Waals surface area contributed by atoms with Crippen molar-refractivity contribution in [1.29, 1.82) is 0 Å². The number of piperazine rings is 1. The van der Waals surface area contributed by atoms with E-state index in [1.54, 1.807) is 4.90 Å². The molecule has 1 aromatic carbocycles. The second kappa shape index (κ2) is 4.86. The maximum absolute atomic E-state index is 13.0. The van der Waals surface area contributed by atoms with Crippen LogP contribution in [0.2, 0.25) is 0 Å². The average Bonchev–Trinajstić information content (AvgIpc) is 3.28. The van der Waals surface area contributed by atoms with Crippen LogP contribution in [0.5, 0.6) is 0 Å². The van der Waals surface area contributed by atoms with E-state index < -0.39 is 11.6 Å². The molecule has 1 saturated heterocycles. The van der Waals surface area contributed by atoms with Gasteiger partial charge < -0.3 is 5.32 Å². The number of rotatable bonds is 3. The van der Waals surface area contributed by atoms with Crippen molar-refractivity contribution in [3.8, 4) is 0 Å². The summed E-state index contributed by atoms with van der Waals surface area (Å²) in [4.78, 5) is 27.2. The van der Waals surface area contributed by atoms with E-state index in [1.165, 1.54) is 0 Å². The summed E-state index contributed by atoms with van der Waals surface area (Å²) in [6, 6.07) is 7.42. The number of carbonyl (C=O) groups is 2. The summed E-state index contributed by atoms with van der Waals surface area (Å²) in [5.74, 6) is 0.270. The van der Waals surface area contributed by atoms with Gasteiger partial charge in [0.05, 0.1) is 0 Å². The van der Waals surface area contributed by atoms with E-state index in [0.29, 0.717) is 6.42 Å². The molecule has 21 heavy (non-hydrogen) atoms. The van der Waals surface area contributed by atoms with E-state index in [0.717, 1.165) is 24.1 Å². The summed E-state index contributed by atoms with van der Waals surface area (Å²) < 4.78 is 0. The van der Waals surface area contributed by atoms with Crippen molar-refractivity contribution in [1.82, 2.24) is 5.32 Å². The minimum atomic E-state index is -0.742. The molecular formula is C17H22N2O2. The first-order valence-electron chi connectivity index (χ1n) is 7.69. The fraction of sp³-hybridized carbons (Fsp3) is 0.529. The maximum atomic E-state index is 13.0. The Labute approximate surface area is 125 Å². The van der Waals surface area contributed by atoms with Gasteiger partial charge in [0.15, 0.2) is 0 Å². The first-order valence-corrected chi connectivity index (χ1v) is 7.69. The Morgan fingerprint density at radius 3 is 2.38 bits per heavy atom. The molecule has 2 unspecified atom stereocenters. The molecule has 0 bridgehead atoms. The van der Waals surface area contributed by atoms with Crippen molar-refractivity contribution >= 4 is 17.5 Å². The standard InChI is InChI=1S/C17H22N2O2/c1-4-14-15(20)18-17(3,12-7-8-12)16(21)19(14)13-9-5-11(2)6-10-13/h5-6,9-10,12,14H,4,7-8H2,1-3H3,(H,18,20). The molecule has 2 atom stereocenters. The zero-order valence-corrected chi connectivity index (χ0v) is 12.8. The normalized spacial score (nSPS) is 29.5. The van der Waals surface area contributed by atoms with Gasteiger partial charge in [0, 0.05) is 5.69 Å². The van der Waals surface area contributed by atoms with Crippen LogP contribution in [0.25, 0.3) is 0 Å². The third-order valence-corrected chi connectivity index (χ3v) is 4.75. The number of aryl methyl sites for hydroxylation is 1. The lowest BCUT2D eigenvalue weighted by atomic mass is 9.88. The topological polar surface area (TPSA) is 49.4 Å². The van der Waals surface area contributed by atoms with Crippen molar-refractivity contribution in [2.75, 3.05) is 4.90 Å². The molecule has 0 radical (unpaired) electrons. The molecule has 1 heterocycles. The zero-order chi connectivity index (χ0) is 15.2. The SMILES string of the molecule is CCC1C(=O)NC(C)(C2CC2)C(=O)N1c1ccc(C)cc1. The van der Waals surface area contributed by atoms with Gasteiger partial charge in [-0.3, -0.25) is 14.5 Å². The van der Waals surface area contributed by atoms with Crippen molar-refractivity contribution in [2.24, 2.45) is 5.92 Å². The molecule has 1 aliphatic heterocycles. The first-order chi connectivity index (χ1) is 9.97. The molecule has 0 spiro atoms. The molecule has 1 saturated carbocycles. The van der Waals surface area contributed by atoms with Gasteiger partial charge in [0.25, 0.3) is 5.91 Å². The van der Waals surface area contributed by atoms with E-state index in [9.17, 15) is 9.59 Å². The Kier molecular flexibility index (Phi) is 3.27. The minimum absolute atomic E-state index is 0.0281. The Balaban J connectivity index is 2.02. The smallest absolute Gasteiger partial charge is 0.253 e. The number of amides is 2. The number of nitrogens with zero attached hydrogens (tertiary/aromatic N) is 1. The molecule has 4 nitrogen and oxygen atoms in total. The highest BCUT2D eigenvalue weighted by atomic mass is 16.2. The van der Waals surface area contributed by atoms with Gasteiger partial charge in [-0.05, 0) is 51.2 Å². The van der Waals surface area contributed by atoms with E-state index >= 15 is 0 Å². The van der Waals surface area contributed by atoms with Gasteiger partial charge in [0.2, 0.25) is 5.91 Å². The van der Waals surface area contributed by atoms with E-state index in [2.05, 4.69) is 5.32 Å². The van der Waals surface area contributed by atoms with Crippen molar-refractivity contribution in [3.63, 3.8) is 0 Å². The lowest BCUT2D eigenvalue weighted by molar-refractivity contribution is -0.138. The fourth-order valence-electron chi connectivity index (χ4n) is 3.21. The minimum Gasteiger partial charge on any atom is -0.340 e. The summed E-state index contributed by atoms with van der Waals surface area (Å²) >= 11 is 0. The van der Waals surface area contributed by atoms with Gasteiger partial charge >= 0.3 is 0 Å². The third-order valence-electron chi connectivity index (χ3n) is 4.75. The molecular weight excluding hydrogens is 264 g/mol. The highest BCUT2D eigenvalue weighted by Crippen LogP contribution is 2.43. The summed E-state index contributed by atoms with van der Waals surface area (Å²) in [6.07, 6.45) is 2.65. The quantitative estimate of drug-likeness (QED) is 0.927. The average molecular weight is 286 g/mol. The lowest BCUT2D eigenvalue weighted by Gasteiger charge is -2.44. The Hall–Kier alpha value is -1.84. The number of anilines is 1. The maximum Gasteiger partial charge on any atom is 0.253 e. The molecule has 1 N–H and O–H groups in total. The molecule has 1 aromatic rings. The van der Waals surface area contributed by atoms with Crippen molar-refractivity contribution in [2.45, 2.75) is 51.6 Å². The highest BCUT2D eigenvalue weighted by molar-refractivity contribution is 6.11. The summed E-state index contributed by atoms with van der Waals surface area (Å²) in [7, 11) is 0. The lowest BCUT2D eigenvalue weighted by Crippen LogP contribution is -2.70. The monoisotopic (exact) mass is 286 g/mol. The number of carbonyl (C=O) groups excluding carboxylic acids is 2. The van der Waals surface area contributed by atoms with Gasteiger partial charge in [-0.1, -0.05) is 24.6 Å². The number of nitrogens with one attached hydrogen (secondary N) is 1. The molecule has 2 amide bonds. The van der Waals surface area contributed by atoms with Crippen LogP contribution in [0.4, 0.5) is 5.69 Å². The Morgan fingerprint density at radius 2 is 1.86 bits per heavy atom. The fourth-order valence-corrected chi connectivity index (χ4v) is 3.21. The molecule has 3 rings (SSSR count). The number of benzene rings is 1. The summed E-state index contributed by atoms with van der Waals surface area (Å²) in [5.41, 5.74) is 1.22. The second-order valence-electron chi connectivity index (χ2n) is 6.40. The zero-order valence-electron chi connectivity index (χ0n) is 12.8. The number of hydrogen-bond acceptors (Lipinski definition) is 2. The van der Waals surface area contributed by atoms with Gasteiger partial charge in [-0.2, -0.15) is 0 Å². The van der Waals surface area contributed by atoms with Crippen molar-refractivity contribution in [3.05, 3.63) is 29.8 Å². The van der Waals surface area contributed by atoms with E-state index in [-0.39, 0.29) is 17.7 Å². The Morgan fingerprint density at radius 1 is 1.24 bits per heavy atom. The van der Waals surface area contributed by atoms with Gasteiger partial charge in [0.1, 0.15) is 11.6 Å². The van der Waals surface area contributed by atoms with Crippen LogP contribution in [0.15, 0.2) is 24.3 Å². The summed E-state index contributed by atoms with van der Waals surface area (Å²) in [6.45, 7) is 5.83. The highest BCUT2D eigenvalue weighted by Gasteiger charge is 2.55. The predicted molar refractivity (Wildman–Crippen MR) is 82.0 cm³/mol. The van der Waals surface area contributed by atoms with Crippen LogP contribution in [0, 0.1) is 12.8 Å². The van der Waals surface area contributed by atoms with Crippen LogP contribution in [-0.4, -0.2) is 23.4 Å². The number of hydrogen-bond donors (Lipinski definition) is 1. The molecule has 112 valence electrons. The first kappa shape index (κ1) is 14.1. The van der Waals surface area contributed by atoms with Gasteiger partial charge in [-0.15, -0.1) is 0 Å². The van der Waals surface area contributed by atoms with Gasteiger partial charge in [-0.25, -0.2) is 0 Å². The largest absolute Gasteiger partial charge is 0.340 e. The van der Waals surface area contributed by atoms with Crippen LogP contribution in [0.3, 0.4) is 0 Å². The Bertz CT molecular complexity index is 577. The summed E-state index contributed by atoms with van der Waals surface area (Å²) in [5, 5.41) is 2.99. The van der Waals surface area contributed by atoms with Crippen LogP contribution in [-0.2, 0) is 9.59 Å². The predicted octanol–water partition coefficient (Wildman–Crippen LogP) is 2.41. The second-order valence-corrected chi connectivity index (χ2v) is 6.40. The van der Waals surface area contributed by atoms with E-state index in [4.69, 9.17) is 0 Å². The molecule has 2 aliphatic rings. The van der Waals surface area contributed by atoms with Crippen LogP contribution in [0.1, 0.15) is 38.7 Å². The van der Waals surface area contributed by atoms with Crippen molar-refractivity contribution < 1.29 is 9.59 Å². The van der Waals surface area contributed by atoms with Crippen LogP contribution >= 0.6 is 0 Å². The van der Waals surface area contributed by atoms with E-state index in [1.807, 2.05) is 45.0 Å². The van der Waals surface area contributed by atoms with Crippen LogP contribution < -0.4 is 10.2 Å². The molecule has 1 aliphatic carbocycles. The third kappa shape index (κ3) is 2.23. The molecule has 0 aromatic heterocycles. The molecule has 2 fully saturated rings.